The van der Waals surface area contributed by atoms with Crippen LogP contribution in [0.2, 0.25) is 5.02 Å². The predicted octanol–water partition coefficient (Wildman–Crippen LogP) is 3.30. The molecular formula is C12H15ClNO+. The van der Waals surface area contributed by atoms with E-state index in [9.17, 15) is 4.79 Å². The minimum atomic E-state index is 0.0283. The Hall–Kier alpha value is -1.15. The van der Waals surface area contributed by atoms with E-state index in [2.05, 4.69) is 0 Å². The summed E-state index contributed by atoms with van der Waals surface area (Å²) in [4.78, 5) is 11.5. The Morgan fingerprint density at radius 1 is 1.27 bits per heavy atom. The second-order valence-corrected chi connectivity index (χ2v) is 4.16. The quantitative estimate of drug-likeness (QED) is 0.429. The fourth-order valence-corrected chi connectivity index (χ4v) is 1.50. The van der Waals surface area contributed by atoms with Crippen molar-refractivity contribution >= 4 is 28.8 Å². The fraction of sp³-hybridized carbons (Fsp3) is 0.333. The number of hydrogen-bond acceptors (Lipinski definition) is 1. The van der Waals surface area contributed by atoms with Crippen LogP contribution in [0.4, 0.5) is 5.69 Å². The molecule has 0 heterocycles. The van der Waals surface area contributed by atoms with Crippen molar-refractivity contribution in [1.29, 1.82) is 0 Å². The van der Waals surface area contributed by atoms with Crippen LogP contribution in [0, 0.1) is 0 Å². The molecule has 0 saturated carbocycles. The summed E-state index contributed by atoms with van der Waals surface area (Å²) in [5.74, 6) is 0.0283. The molecule has 2 nitrogen and oxygen atoms in total. The summed E-state index contributed by atoms with van der Waals surface area (Å²) >= 11 is 5.87. The first-order valence-electron chi connectivity index (χ1n) is 4.78. The average molecular weight is 225 g/mol. The van der Waals surface area contributed by atoms with E-state index >= 15 is 0 Å². The maximum atomic E-state index is 11.5. The highest BCUT2D eigenvalue weighted by molar-refractivity contribution is 6.31. The number of carbonyl (C=O) groups excluding carboxylic acids is 1. The highest BCUT2D eigenvalue weighted by Crippen LogP contribution is 2.23. The van der Waals surface area contributed by atoms with Crippen LogP contribution in [0.15, 0.2) is 18.2 Å². The normalized spacial score (nSPS) is 9.93. The van der Waals surface area contributed by atoms with Crippen LogP contribution in [0.25, 0.3) is 0 Å². The highest BCUT2D eigenvalue weighted by atomic mass is 35.5. The predicted molar refractivity (Wildman–Crippen MR) is 63.7 cm³/mol. The first-order chi connectivity index (χ1) is 6.93. The molecule has 0 atom stereocenters. The molecule has 0 fully saturated rings. The summed E-state index contributed by atoms with van der Waals surface area (Å²) < 4.78 is 1.98. The van der Waals surface area contributed by atoms with Gasteiger partial charge in [-0.15, -0.1) is 0 Å². The fourth-order valence-electron chi connectivity index (χ4n) is 1.32. The maximum Gasteiger partial charge on any atom is 0.215 e. The lowest BCUT2D eigenvalue weighted by Gasteiger charge is -2.04. The van der Waals surface area contributed by atoms with Gasteiger partial charge in [-0.2, -0.15) is 0 Å². The topological polar surface area (TPSA) is 20.1 Å². The Bertz CT molecular complexity index is 431. The van der Waals surface area contributed by atoms with Gasteiger partial charge >= 0.3 is 0 Å². The first kappa shape index (κ1) is 11.9. The lowest BCUT2D eigenvalue weighted by atomic mass is 10.1. The zero-order chi connectivity index (χ0) is 11.6. The van der Waals surface area contributed by atoms with Crippen LogP contribution < -0.4 is 0 Å². The molecule has 0 unspecified atom stereocenters. The van der Waals surface area contributed by atoms with Crippen molar-refractivity contribution < 1.29 is 9.37 Å². The van der Waals surface area contributed by atoms with Crippen LogP contribution >= 0.6 is 11.6 Å². The molecule has 0 amide bonds. The van der Waals surface area contributed by atoms with E-state index in [1.807, 2.05) is 31.5 Å². The highest BCUT2D eigenvalue weighted by Gasteiger charge is 2.16. The summed E-state index contributed by atoms with van der Waals surface area (Å²) in [5.41, 5.74) is 2.68. The number of benzene rings is 1. The van der Waals surface area contributed by atoms with Crippen LogP contribution in [-0.2, 0) is 0 Å². The Kier molecular flexibility index (Phi) is 3.64. The third-order valence-electron chi connectivity index (χ3n) is 2.37. The lowest BCUT2D eigenvalue weighted by molar-refractivity contribution is -0.406. The summed E-state index contributed by atoms with van der Waals surface area (Å²) in [6.45, 7) is 5.55. The van der Waals surface area contributed by atoms with Gasteiger partial charge in [-0.3, -0.25) is 4.79 Å². The van der Waals surface area contributed by atoms with Gasteiger partial charge in [0.1, 0.15) is 7.05 Å². The number of rotatable bonds is 2. The van der Waals surface area contributed by atoms with E-state index in [0.29, 0.717) is 10.6 Å². The number of ketones is 1. The Morgan fingerprint density at radius 3 is 2.33 bits per heavy atom. The van der Waals surface area contributed by atoms with E-state index in [1.165, 1.54) is 0 Å². The molecule has 0 aromatic heterocycles. The van der Waals surface area contributed by atoms with Crippen molar-refractivity contribution in [3.8, 4) is 0 Å². The van der Waals surface area contributed by atoms with Crippen LogP contribution in [0.5, 0.6) is 0 Å². The molecule has 0 bridgehead atoms. The molecule has 0 aliphatic rings. The van der Waals surface area contributed by atoms with E-state index in [1.54, 1.807) is 19.1 Å². The molecule has 1 aromatic carbocycles. The SMILES string of the molecule is CC(=O)c1cc(Cl)ccc1[N+](C)=C(C)C. The second-order valence-electron chi connectivity index (χ2n) is 3.72. The van der Waals surface area contributed by atoms with E-state index in [4.69, 9.17) is 11.6 Å². The van der Waals surface area contributed by atoms with Gasteiger partial charge in [-0.05, 0) is 19.1 Å². The van der Waals surface area contributed by atoms with Crippen molar-refractivity contribution in [2.75, 3.05) is 7.05 Å². The largest absolute Gasteiger partial charge is 0.294 e. The zero-order valence-corrected chi connectivity index (χ0v) is 10.2. The van der Waals surface area contributed by atoms with Gasteiger partial charge in [0.15, 0.2) is 11.5 Å². The molecule has 15 heavy (non-hydrogen) atoms. The minimum absolute atomic E-state index is 0.0283. The van der Waals surface area contributed by atoms with Gasteiger partial charge in [-0.25, -0.2) is 4.58 Å². The second kappa shape index (κ2) is 4.58. The average Bonchev–Trinajstić information content (AvgIpc) is 2.16. The number of carbonyl (C=O) groups is 1. The zero-order valence-electron chi connectivity index (χ0n) is 9.47. The third kappa shape index (κ3) is 2.66. The molecule has 0 saturated heterocycles. The summed E-state index contributed by atoms with van der Waals surface area (Å²) in [5, 5.41) is 0.589. The van der Waals surface area contributed by atoms with Crippen LogP contribution in [-0.4, -0.2) is 23.1 Å². The van der Waals surface area contributed by atoms with E-state index < -0.39 is 0 Å². The number of Topliss-reactive ketones (excluding diaryl/α,β-unsaturated/α-hetero) is 1. The van der Waals surface area contributed by atoms with Gasteiger partial charge in [0.05, 0.1) is 5.56 Å². The summed E-state index contributed by atoms with van der Waals surface area (Å²) in [6.07, 6.45) is 0. The minimum Gasteiger partial charge on any atom is -0.294 e. The standard InChI is InChI=1S/C12H15ClNO/c1-8(2)14(4)12-6-5-10(13)7-11(12)9(3)15/h5-7H,1-4H3/q+1. The van der Waals surface area contributed by atoms with Crippen LogP contribution in [0.1, 0.15) is 31.1 Å². The van der Waals surface area contributed by atoms with Crippen molar-refractivity contribution in [3.05, 3.63) is 28.8 Å². The van der Waals surface area contributed by atoms with E-state index in [0.717, 1.165) is 11.4 Å². The maximum absolute atomic E-state index is 11.5. The van der Waals surface area contributed by atoms with Gasteiger partial charge in [-0.1, -0.05) is 11.6 Å². The van der Waals surface area contributed by atoms with Gasteiger partial charge < -0.3 is 0 Å². The van der Waals surface area contributed by atoms with Crippen molar-refractivity contribution in [1.82, 2.24) is 0 Å². The smallest absolute Gasteiger partial charge is 0.215 e. The Balaban J connectivity index is 3.43. The first-order valence-corrected chi connectivity index (χ1v) is 5.15. The van der Waals surface area contributed by atoms with Crippen molar-refractivity contribution in [2.24, 2.45) is 0 Å². The van der Waals surface area contributed by atoms with Crippen molar-refractivity contribution in [3.63, 3.8) is 0 Å². The van der Waals surface area contributed by atoms with Gasteiger partial charge in [0.2, 0.25) is 5.69 Å². The lowest BCUT2D eigenvalue weighted by Crippen LogP contribution is -2.09. The van der Waals surface area contributed by atoms with Crippen molar-refractivity contribution in [2.45, 2.75) is 20.8 Å². The monoisotopic (exact) mass is 224 g/mol. The molecule has 0 aliphatic heterocycles. The molecule has 3 heteroatoms. The Morgan fingerprint density at radius 2 is 1.87 bits per heavy atom. The molecular weight excluding hydrogens is 210 g/mol. The van der Waals surface area contributed by atoms with Crippen LogP contribution in [0.3, 0.4) is 0 Å². The molecule has 0 spiro atoms. The van der Waals surface area contributed by atoms with Gasteiger partial charge in [0, 0.05) is 24.9 Å². The molecule has 0 aliphatic carbocycles. The molecule has 1 rings (SSSR count). The number of halogens is 1. The number of nitrogens with zero attached hydrogens (tertiary/aromatic N) is 1. The summed E-state index contributed by atoms with van der Waals surface area (Å²) in [7, 11) is 1.94. The van der Waals surface area contributed by atoms with Gasteiger partial charge in [0.25, 0.3) is 0 Å². The number of hydrogen-bond donors (Lipinski definition) is 0. The molecule has 1 aromatic rings. The van der Waals surface area contributed by atoms with E-state index in [-0.39, 0.29) is 5.78 Å². The molecule has 80 valence electrons. The summed E-state index contributed by atoms with van der Waals surface area (Å²) in [6, 6.07) is 5.37. The molecule has 0 N–H and O–H groups in total. The molecule has 0 radical (unpaired) electrons. The third-order valence-corrected chi connectivity index (χ3v) is 2.61. The Labute approximate surface area is 95.2 Å².